The normalized spacial score (nSPS) is 16.6. The molecule has 0 radical (unpaired) electrons. The molecule has 4 heteroatoms. The van der Waals surface area contributed by atoms with E-state index in [9.17, 15) is 0 Å². The lowest BCUT2D eigenvalue weighted by Gasteiger charge is -2.37. The fraction of sp³-hybridized carbons (Fsp3) is 0.647. The van der Waals surface area contributed by atoms with Crippen molar-refractivity contribution >= 4 is 0 Å². The zero-order valence-corrected chi connectivity index (χ0v) is 13.5. The van der Waals surface area contributed by atoms with Crippen molar-refractivity contribution in [2.45, 2.75) is 32.2 Å². The van der Waals surface area contributed by atoms with Gasteiger partial charge in [0, 0.05) is 24.7 Å². The van der Waals surface area contributed by atoms with Crippen LogP contribution < -0.4 is 15.2 Å². The van der Waals surface area contributed by atoms with Gasteiger partial charge in [-0.2, -0.15) is 0 Å². The summed E-state index contributed by atoms with van der Waals surface area (Å²) in [6.07, 6.45) is 4.09. The topological polar surface area (TPSA) is 47.7 Å². The SMILES string of the molecule is CCN(CC1CCC1)C(CN)c1ccc(OC)cc1OC. The van der Waals surface area contributed by atoms with Crippen LogP contribution in [0.1, 0.15) is 37.8 Å². The summed E-state index contributed by atoms with van der Waals surface area (Å²) in [5, 5.41) is 0. The van der Waals surface area contributed by atoms with Crippen LogP contribution in [0.25, 0.3) is 0 Å². The Balaban J connectivity index is 2.21. The van der Waals surface area contributed by atoms with Gasteiger partial charge in [0.15, 0.2) is 0 Å². The number of nitrogens with two attached hydrogens (primary N) is 1. The van der Waals surface area contributed by atoms with Crippen LogP contribution in [-0.4, -0.2) is 38.8 Å². The fourth-order valence-electron chi connectivity index (χ4n) is 3.05. The van der Waals surface area contributed by atoms with Crippen LogP contribution in [0.15, 0.2) is 18.2 Å². The third-order valence-corrected chi connectivity index (χ3v) is 4.59. The van der Waals surface area contributed by atoms with Crippen molar-refractivity contribution < 1.29 is 9.47 Å². The molecule has 1 fully saturated rings. The second-order valence-electron chi connectivity index (χ2n) is 5.74. The van der Waals surface area contributed by atoms with Crippen molar-refractivity contribution in [2.75, 3.05) is 33.9 Å². The summed E-state index contributed by atoms with van der Waals surface area (Å²) in [7, 11) is 3.37. The molecular weight excluding hydrogens is 264 g/mol. The van der Waals surface area contributed by atoms with E-state index in [4.69, 9.17) is 15.2 Å². The minimum Gasteiger partial charge on any atom is -0.497 e. The highest BCUT2D eigenvalue weighted by molar-refractivity contribution is 5.42. The van der Waals surface area contributed by atoms with Crippen molar-refractivity contribution in [3.8, 4) is 11.5 Å². The quantitative estimate of drug-likeness (QED) is 0.800. The highest BCUT2D eigenvalue weighted by Gasteiger charge is 2.26. The molecule has 0 bridgehead atoms. The molecule has 0 spiro atoms. The first-order valence-electron chi connectivity index (χ1n) is 7.89. The van der Waals surface area contributed by atoms with Crippen LogP contribution in [0.5, 0.6) is 11.5 Å². The summed E-state index contributed by atoms with van der Waals surface area (Å²) in [6.45, 7) is 4.95. The molecule has 0 amide bonds. The van der Waals surface area contributed by atoms with Crippen LogP contribution in [0.2, 0.25) is 0 Å². The lowest BCUT2D eigenvalue weighted by atomic mass is 9.84. The standard InChI is InChI=1S/C17H28N2O2/c1-4-19(12-13-6-5-7-13)16(11-18)15-9-8-14(20-2)10-17(15)21-3/h8-10,13,16H,4-7,11-12,18H2,1-3H3. The first kappa shape index (κ1) is 16.1. The van der Waals surface area contributed by atoms with Crippen LogP contribution in [0.3, 0.4) is 0 Å². The summed E-state index contributed by atoms with van der Waals surface area (Å²) in [5.41, 5.74) is 7.24. The maximum Gasteiger partial charge on any atom is 0.127 e. The van der Waals surface area contributed by atoms with E-state index >= 15 is 0 Å². The van der Waals surface area contributed by atoms with E-state index in [1.54, 1.807) is 14.2 Å². The molecule has 1 atom stereocenters. The fourth-order valence-corrected chi connectivity index (χ4v) is 3.05. The van der Waals surface area contributed by atoms with Gasteiger partial charge in [-0.1, -0.05) is 19.4 Å². The summed E-state index contributed by atoms with van der Waals surface area (Å²) >= 11 is 0. The second-order valence-corrected chi connectivity index (χ2v) is 5.74. The van der Waals surface area contributed by atoms with E-state index in [0.29, 0.717) is 6.54 Å². The Morgan fingerprint density at radius 1 is 1.29 bits per heavy atom. The molecule has 2 N–H and O–H groups in total. The third-order valence-electron chi connectivity index (χ3n) is 4.59. The Kier molecular flexibility index (Phi) is 5.88. The predicted molar refractivity (Wildman–Crippen MR) is 85.9 cm³/mol. The van der Waals surface area contributed by atoms with Gasteiger partial charge in [-0.3, -0.25) is 4.90 Å². The van der Waals surface area contributed by atoms with E-state index in [1.165, 1.54) is 19.3 Å². The lowest BCUT2D eigenvalue weighted by molar-refractivity contribution is 0.139. The molecule has 118 valence electrons. The number of methoxy groups -OCH3 is 2. The predicted octanol–water partition coefficient (Wildman–Crippen LogP) is 2.83. The Hall–Kier alpha value is -1.26. The van der Waals surface area contributed by atoms with Crippen molar-refractivity contribution in [2.24, 2.45) is 11.7 Å². The number of benzene rings is 1. The van der Waals surface area contributed by atoms with Crippen molar-refractivity contribution in [1.29, 1.82) is 0 Å². The van der Waals surface area contributed by atoms with Crippen LogP contribution in [-0.2, 0) is 0 Å². The molecule has 0 heterocycles. The van der Waals surface area contributed by atoms with Gasteiger partial charge < -0.3 is 15.2 Å². The van der Waals surface area contributed by atoms with E-state index in [0.717, 1.165) is 36.1 Å². The number of rotatable bonds is 8. The molecule has 1 aromatic carbocycles. The number of ether oxygens (including phenoxy) is 2. The second kappa shape index (κ2) is 7.66. The van der Waals surface area contributed by atoms with Crippen molar-refractivity contribution in [3.63, 3.8) is 0 Å². The molecule has 0 aliphatic heterocycles. The summed E-state index contributed by atoms with van der Waals surface area (Å²) < 4.78 is 10.8. The molecule has 1 aliphatic carbocycles. The van der Waals surface area contributed by atoms with Gasteiger partial charge in [-0.15, -0.1) is 0 Å². The Labute approximate surface area is 128 Å². The van der Waals surface area contributed by atoms with Crippen molar-refractivity contribution in [1.82, 2.24) is 4.90 Å². The summed E-state index contributed by atoms with van der Waals surface area (Å²) in [6, 6.07) is 6.21. The van der Waals surface area contributed by atoms with E-state index < -0.39 is 0 Å². The monoisotopic (exact) mass is 292 g/mol. The third kappa shape index (κ3) is 3.69. The molecule has 1 aromatic rings. The average Bonchev–Trinajstić information content (AvgIpc) is 2.49. The Bertz CT molecular complexity index is 446. The largest absolute Gasteiger partial charge is 0.497 e. The van der Waals surface area contributed by atoms with Crippen LogP contribution >= 0.6 is 0 Å². The maximum atomic E-state index is 6.08. The first-order chi connectivity index (χ1) is 10.2. The lowest BCUT2D eigenvalue weighted by Crippen LogP contribution is -2.38. The molecule has 21 heavy (non-hydrogen) atoms. The number of hydrogen-bond donors (Lipinski definition) is 1. The summed E-state index contributed by atoms with van der Waals surface area (Å²) in [5.74, 6) is 2.51. The maximum absolute atomic E-state index is 6.08. The Morgan fingerprint density at radius 3 is 2.52 bits per heavy atom. The highest BCUT2D eigenvalue weighted by atomic mass is 16.5. The van der Waals surface area contributed by atoms with E-state index in [1.807, 2.05) is 12.1 Å². The van der Waals surface area contributed by atoms with Gasteiger partial charge in [0.2, 0.25) is 0 Å². The zero-order valence-electron chi connectivity index (χ0n) is 13.5. The highest BCUT2D eigenvalue weighted by Crippen LogP contribution is 2.34. The number of likely N-dealkylation sites (N-methyl/N-ethyl adjacent to an activating group) is 1. The Morgan fingerprint density at radius 2 is 2.05 bits per heavy atom. The van der Waals surface area contributed by atoms with Gasteiger partial charge in [0.25, 0.3) is 0 Å². The minimum absolute atomic E-state index is 0.205. The van der Waals surface area contributed by atoms with Gasteiger partial charge in [0.1, 0.15) is 11.5 Å². The first-order valence-corrected chi connectivity index (χ1v) is 7.89. The minimum atomic E-state index is 0.205. The van der Waals surface area contributed by atoms with Gasteiger partial charge in [0.05, 0.1) is 20.3 Å². The van der Waals surface area contributed by atoms with E-state index in [-0.39, 0.29) is 6.04 Å². The van der Waals surface area contributed by atoms with Crippen LogP contribution in [0.4, 0.5) is 0 Å². The van der Waals surface area contributed by atoms with Crippen LogP contribution in [0, 0.1) is 5.92 Å². The number of nitrogens with zero attached hydrogens (tertiary/aromatic N) is 1. The molecule has 0 aromatic heterocycles. The molecule has 0 saturated heterocycles. The molecule has 1 unspecified atom stereocenters. The molecule has 4 nitrogen and oxygen atoms in total. The molecule has 1 saturated carbocycles. The average molecular weight is 292 g/mol. The summed E-state index contributed by atoms with van der Waals surface area (Å²) in [4.78, 5) is 2.48. The van der Waals surface area contributed by atoms with E-state index in [2.05, 4.69) is 17.9 Å². The molecular formula is C17H28N2O2. The number of hydrogen-bond acceptors (Lipinski definition) is 4. The zero-order chi connectivity index (χ0) is 15.2. The molecule has 1 aliphatic rings. The van der Waals surface area contributed by atoms with Gasteiger partial charge in [-0.25, -0.2) is 0 Å². The molecule has 2 rings (SSSR count). The smallest absolute Gasteiger partial charge is 0.127 e. The van der Waals surface area contributed by atoms with Gasteiger partial charge >= 0.3 is 0 Å². The van der Waals surface area contributed by atoms with Crippen molar-refractivity contribution in [3.05, 3.63) is 23.8 Å². The van der Waals surface area contributed by atoms with Gasteiger partial charge in [-0.05, 0) is 31.4 Å².